The molecule has 4 rings (SSSR count). The molecule has 5 nitrogen and oxygen atoms in total. The minimum atomic E-state index is -3.73. The minimum absolute atomic E-state index is 0.111. The van der Waals surface area contributed by atoms with Gasteiger partial charge in [0, 0.05) is 15.8 Å². The van der Waals surface area contributed by atoms with Crippen molar-refractivity contribution >= 4 is 43.2 Å². The molecule has 0 aromatic heterocycles. The lowest BCUT2D eigenvalue weighted by Crippen LogP contribution is -2.15. The number of halogens is 1. The van der Waals surface area contributed by atoms with Crippen molar-refractivity contribution in [3.8, 4) is 11.1 Å². The molecule has 166 valence electrons. The van der Waals surface area contributed by atoms with E-state index in [2.05, 4.69) is 26.0 Å². The molecule has 0 unspecified atom stereocenters. The summed E-state index contributed by atoms with van der Waals surface area (Å²) in [7, 11) is -3.73. The van der Waals surface area contributed by atoms with Gasteiger partial charge in [-0.05, 0) is 65.2 Å². The quantitative estimate of drug-likeness (QED) is 0.309. The number of benzene rings is 4. The Bertz CT molecular complexity index is 1340. The number of hydrogen-bond donors (Lipinski definition) is 2. The van der Waals surface area contributed by atoms with E-state index < -0.39 is 10.0 Å². The molecule has 0 heterocycles. The molecule has 0 aliphatic rings. The van der Waals surface area contributed by atoms with Crippen molar-refractivity contribution in [3.05, 3.63) is 113 Å². The number of carbonyl (C=O) groups excluding carboxylic acids is 1. The lowest BCUT2D eigenvalue weighted by Gasteiger charge is -2.10. The third-order valence-corrected chi connectivity index (χ3v) is 6.90. The maximum absolute atomic E-state index is 12.6. The maximum atomic E-state index is 12.6. The average molecular weight is 521 g/mol. The van der Waals surface area contributed by atoms with E-state index in [1.54, 1.807) is 36.4 Å². The minimum Gasteiger partial charge on any atom is -0.326 e. The van der Waals surface area contributed by atoms with E-state index in [0.717, 1.165) is 21.2 Å². The van der Waals surface area contributed by atoms with Crippen LogP contribution in [0.2, 0.25) is 0 Å². The smallest absolute Gasteiger partial charge is 0.261 e. The summed E-state index contributed by atoms with van der Waals surface area (Å²) < 4.78 is 28.6. The van der Waals surface area contributed by atoms with Crippen molar-refractivity contribution in [3.63, 3.8) is 0 Å². The van der Waals surface area contributed by atoms with Gasteiger partial charge in [-0.2, -0.15) is 0 Å². The fraction of sp³-hybridized carbons (Fsp3) is 0.0385. The Hall–Kier alpha value is -3.42. The van der Waals surface area contributed by atoms with Crippen LogP contribution in [0.3, 0.4) is 0 Å². The van der Waals surface area contributed by atoms with Gasteiger partial charge in [-0.1, -0.05) is 70.5 Å². The molecule has 2 N–H and O–H groups in total. The highest BCUT2D eigenvalue weighted by Crippen LogP contribution is 2.21. The van der Waals surface area contributed by atoms with Crippen LogP contribution in [0.25, 0.3) is 11.1 Å². The second-order valence-corrected chi connectivity index (χ2v) is 10.0. The van der Waals surface area contributed by atoms with Gasteiger partial charge in [0.1, 0.15) is 0 Å². The summed E-state index contributed by atoms with van der Waals surface area (Å²) in [5.41, 5.74) is 4.11. The van der Waals surface area contributed by atoms with E-state index in [1.807, 2.05) is 54.6 Å². The summed E-state index contributed by atoms with van der Waals surface area (Å²) in [5.74, 6) is -0.175. The van der Waals surface area contributed by atoms with Gasteiger partial charge in [0.2, 0.25) is 5.91 Å². The van der Waals surface area contributed by atoms with E-state index in [-0.39, 0.29) is 17.2 Å². The van der Waals surface area contributed by atoms with E-state index in [1.165, 1.54) is 12.1 Å². The highest BCUT2D eigenvalue weighted by molar-refractivity contribution is 9.10. The SMILES string of the molecule is O=C(Cc1ccc(-c2ccccc2)cc1)Nc1ccc(S(=O)(=O)Nc2ccc(Br)cc2)cc1. The molecule has 0 aliphatic heterocycles. The first-order valence-corrected chi connectivity index (χ1v) is 12.5. The number of nitrogens with one attached hydrogen (secondary N) is 2. The largest absolute Gasteiger partial charge is 0.326 e. The lowest BCUT2D eigenvalue weighted by atomic mass is 10.0. The first-order chi connectivity index (χ1) is 15.9. The molecule has 33 heavy (non-hydrogen) atoms. The molecule has 0 fully saturated rings. The summed E-state index contributed by atoms with van der Waals surface area (Å²) in [6.07, 6.45) is 0.222. The normalized spacial score (nSPS) is 11.1. The summed E-state index contributed by atoms with van der Waals surface area (Å²) in [6, 6.07) is 30.8. The second-order valence-electron chi connectivity index (χ2n) is 7.42. The lowest BCUT2D eigenvalue weighted by molar-refractivity contribution is -0.115. The Labute approximate surface area is 201 Å². The van der Waals surface area contributed by atoms with E-state index >= 15 is 0 Å². The van der Waals surface area contributed by atoms with Gasteiger partial charge in [-0.25, -0.2) is 8.42 Å². The van der Waals surface area contributed by atoms with E-state index in [0.29, 0.717) is 11.4 Å². The van der Waals surface area contributed by atoms with E-state index in [9.17, 15) is 13.2 Å². The molecule has 0 saturated heterocycles. The number of sulfonamides is 1. The highest BCUT2D eigenvalue weighted by atomic mass is 79.9. The summed E-state index contributed by atoms with van der Waals surface area (Å²) >= 11 is 3.32. The predicted molar refractivity (Wildman–Crippen MR) is 136 cm³/mol. The van der Waals surface area contributed by atoms with Crippen LogP contribution < -0.4 is 10.0 Å². The monoisotopic (exact) mass is 520 g/mol. The number of anilines is 2. The topological polar surface area (TPSA) is 75.3 Å². The fourth-order valence-corrected chi connectivity index (χ4v) is 4.61. The summed E-state index contributed by atoms with van der Waals surface area (Å²) in [4.78, 5) is 12.6. The molecule has 0 saturated carbocycles. The van der Waals surface area contributed by atoms with Crippen molar-refractivity contribution in [2.75, 3.05) is 10.0 Å². The van der Waals surface area contributed by atoms with Crippen LogP contribution in [0.15, 0.2) is 112 Å². The molecule has 0 radical (unpaired) electrons. The third kappa shape index (κ3) is 6.09. The number of rotatable bonds is 7. The zero-order valence-electron chi connectivity index (χ0n) is 17.5. The van der Waals surface area contributed by atoms with Crippen LogP contribution >= 0.6 is 15.9 Å². The first kappa shape index (κ1) is 22.8. The molecule has 0 spiro atoms. The van der Waals surface area contributed by atoms with Gasteiger partial charge >= 0.3 is 0 Å². The second kappa shape index (κ2) is 10.0. The predicted octanol–water partition coefficient (Wildman–Crippen LogP) is 6.10. The Morgan fingerprint density at radius 3 is 1.91 bits per heavy atom. The van der Waals surface area contributed by atoms with E-state index in [4.69, 9.17) is 0 Å². The molecule has 4 aromatic rings. The van der Waals surface area contributed by atoms with Crippen LogP contribution in [-0.2, 0) is 21.2 Å². The van der Waals surface area contributed by atoms with Crippen molar-refractivity contribution in [1.82, 2.24) is 0 Å². The van der Waals surface area contributed by atoms with Gasteiger partial charge in [-0.3, -0.25) is 9.52 Å². The maximum Gasteiger partial charge on any atom is 0.261 e. The molecular weight excluding hydrogens is 500 g/mol. The highest BCUT2D eigenvalue weighted by Gasteiger charge is 2.14. The van der Waals surface area contributed by atoms with Crippen molar-refractivity contribution in [1.29, 1.82) is 0 Å². The van der Waals surface area contributed by atoms with Crippen LogP contribution in [0.4, 0.5) is 11.4 Å². The third-order valence-electron chi connectivity index (χ3n) is 4.97. The Morgan fingerprint density at radius 2 is 1.27 bits per heavy atom. The van der Waals surface area contributed by atoms with Gasteiger partial charge in [0.25, 0.3) is 10.0 Å². The van der Waals surface area contributed by atoms with Crippen LogP contribution in [0.1, 0.15) is 5.56 Å². The van der Waals surface area contributed by atoms with Crippen molar-refractivity contribution in [2.24, 2.45) is 0 Å². The molecule has 7 heteroatoms. The number of carbonyl (C=O) groups is 1. The Morgan fingerprint density at radius 1 is 0.697 bits per heavy atom. The Balaban J connectivity index is 1.36. The Kier molecular flexibility index (Phi) is 6.91. The van der Waals surface area contributed by atoms with Gasteiger partial charge in [0.05, 0.1) is 11.3 Å². The average Bonchev–Trinajstić information content (AvgIpc) is 2.82. The molecule has 4 aromatic carbocycles. The molecule has 0 atom stereocenters. The summed E-state index contributed by atoms with van der Waals surface area (Å²) in [5, 5.41) is 2.81. The zero-order chi connectivity index (χ0) is 23.3. The zero-order valence-corrected chi connectivity index (χ0v) is 19.9. The van der Waals surface area contributed by atoms with Crippen LogP contribution in [-0.4, -0.2) is 14.3 Å². The van der Waals surface area contributed by atoms with Gasteiger partial charge in [-0.15, -0.1) is 0 Å². The van der Waals surface area contributed by atoms with Gasteiger partial charge in [0.15, 0.2) is 0 Å². The van der Waals surface area contributed by atoms with Gasteiger partial charge < -0.3 is 5.32 Å². The molecular formula is C26H21BrN2O3S. The standard InChI is InChI=1S/C26H21BrN2O3S/c27-22-10-12-24(13-11-22)29-33(31,32)25-16-14-23(15-17-25)28-26(30)18-19-6-8-21(9-7-19)20-4-2-1-3-5-20/h1-17,29H,18H2,(H,28,30). The molecule has 1 amide bonds. The van der Waals surface area contributed by atoms with Crippen LogP contribution in [0, 0.1) is 0 Å². The van der Waals surface area contributed by atoms with Crippen LogP contribution in [0.5, 0.6) is 0 Å². The number of amides is 1. The van der Waals surface area contributed by atoms with Crippen molar-refractivity contribution < 1.29 is 13.2 Å². The fourth-order valence-electron chi connectivity index (χ4n) is 3.29. The first-order valence-electron chi connectivity index (χ1n) is 10.2. The molecule has 0 aliphatic carbocycles. The number of hydrogen-bond acceptors (Lipinski definition) is 3. The summed E-state index contributed by atoms with van der Waals surface area (Å²) in [6.45, 7) is 0. The molecule has 0 bridgehead atoms. The van der Waals surface area contributed by atoms with Crippen molar-refractivity contribution in [2.45, 2.75) is 11.3 Å².